The van der Waals surface area contributed by atoms with Crippen LogP contribution in [0.15, 0.2) is 30.6 Å². The Morgan fingerprint density at radius 1 is 1.33 bits per heavy atom. The minimum absolute atomic E-state index is 0.144. The third kappa shape index (κ3) is 4.41. The molecule has 3 aromatic rings. The van der Waals surface area contributed by atoms with Crippen LogP contribution in [0, 0.1) is 5.21 Å². The second-order valence-corrected chi connectivity index (χ2v) is 7.67. The smallest absolute Gasteiger partial charge is 0.323 e. The van der Waals surface area contributed by atoms with E-state index < -0.39 is 0 Å². The molecule has 0 spiro atoms. The third-order valence-corrected chi connectivity index (χ3v) is 5.64. The van der Waals surface area contributed by atoms with Crippen molar-refractivity contribution in [3.8, 4) is 5.88 Å². The molecule has 1 saturated heterocycles. The number of benzene rings is 1. The van der Waals surface area contributed by atoms with Crippen LogP contribution in [0.3, 0.4) is 0 Å². The van der Waals surface area contributed by atoms with Gasteiger partial charge in [-0.1, -0.05) is 23.5 Å². The van der Waals surface area contributed by atoms with Gasteiger partial charge in [0, 0.05) is 32.7 Å². The minimum atomic E-state index is -0.218. The zero-order valence-electron chi connectivity index (χ0n) is 16.2. The minimum Gasteiger partial charge on any atom is -0.733 e. The molecule has 30 heavy (non-hydrogen) atoms. The van der Waals surface area contributed by atoms with E-state index >= 15 is 0 Å². The molecule has 12 heteroatoms. The van der Waals surface area contributed by atoms with Crippen molar-refractivity contribution in [3.63, 3.8) is 0 Å². The van der Waals surface area contributed by atoms with Crippen molar-refractivity contribution < 1.29 is 14.7 Å². The Bertz CT molecular complexity index is 1040. The average molecular weight is 430 g/mol. The van der Waals surface area contributed by atoms with E-state index in [1.807, 2.05) is 6.07 Å². The quantitative estimate of drug-likeness (QED) is 0.585. The van der Waals surface area contributed by atoms with Gasteiger partial charge in [0.15, 0.2) is 15.5 Å². The van der Waals surface area contributed by atoms with Crippen molar-refractivity contribution in [2.45, 2.75) is 6.54 Å². The lowest BCUT2D eigenvalue weighted by atomic mass is 10.2. The fourth-order valence-corrected chi connectivity index (χ4v) is 4.04. The molecule has 2 aromatic heterocycles. The van der Waals surface area contributed by atoms with Crippen molar-refractivity contribution in [1.29, 1.82) is 0 Å². The number of methoxy groups -OCH3 is 1. The Balaban J connectivity index is 1.33. The fraction of sp³-hybridized carbons (Fsp3) is 0.333. The van der Waals surface area contributed by atoms with E-state index in [1.54, 1.807) is 23.1 Å². The van der Waals surface area contributed by atoms with Gasteiger partial charge in [-0.3, -0.25) is 15.4 Å². The first kappa shape index (κ1) is 20.2. The number of piperazine rings is 1. The second kappa shape index (κ2) is 8.75. The average Bonchev–Trinajstić information content (AvgIpc) is 3.16. The van der Waals surface area contributed by atoms with Crippen LogP contribution in [0.1, 0.15) is 5.56 Å². The van der Waals surface area contributed by atoms with Crippen molar-refractivity contribution in [2.24, 2.45) is 0 Å². The lowest BCUT2D eigenvalue weighted by Gasteiger charge is -2.34. The maximum atomic E-state index is 12.6. The maximum absolute atomic E-state index is 12.6. The van der Waals surface area contributed by atoms with Crippen molar-refractivity contribution in [3.05, 3.63) is 41.4 Å². The number of fused-ring (bicyclic) bond motifs is 1. The maximum Gasteiger partial charge on any atom is 0.323 e. The molecule has 0 atom stereocenters. The predicted molar refractivity (Wildman–Crippen MR) is 112 cm³/mol. The summed E-state index contributed by atoms with van der Waals surface area (Å²) in [6.45, 7) is 3.14. The van der Waals surface area contributed by atoms with Crippen LogP contribution < -0.4 is 15.3 Å². The van der Waals surface area contributed by atoms with Crippen LogP contribution in [-0.4, -0.2) is 69.3 Å². The molecule has 0 radical (unpaired) electrons. The van der Waals surface area contributed by atoms with E-state index in [2.05, 4.69) is 25.2 Å². The molecular formula is C18H20N7O4S-. The summed E-state index contributed by atoms with van der Waals surface area (Å²) in [5.74, 6) is 0.371. The molecule has 0 aliphatic carbocycles. The Morgan fingerprint density at radius 3 is 2.87 bits per heavy atom. The SMILES string of the molecule is COc1ncnc2sc(NC(=O)N3CCN(Cc4cccc(N([O-])O)c4)CC3)nc12. The van der Waals surface area contributed by atoms with Gasteiger partial charge in [0.2, 0.25) is 5.88 Å². The van der Waals surface area contributed by atoms with Gasteiger partial charge in [0.05, 0.1) is 12.8 Å². The largest absolute Gasteiger partial charge is 0.733 e. The standard InChI is InChI=1S/C18H20N7O4S/c1-29-15-14-16(20-11-19-15)30-17(21-14)22-18(26)24-7-5-23(6-8-24)10-12-3-2-4-13(9-12)25(27)28/h2-4,9,11,27H,5-8,10H2,1H3,(H,21,22,26)/q-1. The van der Waals surface area contributed by atoms with E-state index in [1.165, 1.54) is 24.8 Å². The number of thiazole rings is 1. The zero-order chi connectivity index (χ0) is 21.1. The fourth-order valence-electron chi connectivity index (χ4n) is 3.25. The van der Waals surface area contributed by atoms with Crippen LogP contribution in [-0.2, 0) is 6.54 Å². The molecule has 0 saturated carbocycles. The third-order valence-electron chi connectivity index (χ3n) is 4.77. The zero-order valence-corrected chi connectivity index (χ0v) is 17.0. The number of aromatic nitrogens is 3. The number of anilines is 2. The number of hydrogen-bond acceptors (Lipinski definition) is 10. The molecule has 1 aromatic carbocycles. The summed E-state index contributed by atoms with van der Waals surface area (Å²) in [4.78, 5) is 29.7. The molecule has 2 N–H and O–H groups in total. The number of amides is 2. The number of carbonyl (C=O) groups excluding carboxylic acids is 1. The topological polar surface area (TPSA) is 130 Å². The van der Waals surface area contributed by atoms with Gasteiger partial charge in [0.1, 0.15) is 6.33 Å². The first-order valence-electron chi connectivity index (χ1n) is 9.22. The first-order valence-corrected chi connectivity index (χ1v) is 10.0. The van der Waals surface area contributed by atoms with E-state index in [4.69, 9.17) is 9.94 Å². The normalized spacial score (nSPS) is 14.7. The van der Waals surface area contributed by atoms with Crippen LogP contribution >= 0.6 is 11.3 Å². The molecule has 11 nitrogen and oxygen atoms in total. The van der Waals surface area contributed by atoms with Gasteiger partial charge in [-0.25, -0.2) is 14.8 Å². The van der Waals surface area contributed by atoms with E-state index in [0.717, 1.165) is 5.56 Å². The molecule has 158 valence electrons. The van der Waals surface area contributed by atoms with E-state index in [9.17, 15) is 10.0 Å². The highest BCUT2D eigenvalue weighted by Crippen LogP contribution is 2.29. The highest BCUT2D eigenvalue weighted by atomic mass is 32.1. The lowest BCUT2D eigenvalue weighted by molar-refractivity contribution is 0.143. The van der Waals surface area contributed by atoms with Crippen molar-refractivity contribution in [1.82, 2.24) is 24.8 Å². The Morgan fingerprint density at radius 2 is 2.13 bits per heavy atom. The second-order valence-electron chi connectivity index (χ2n) is 6.69. The lowest BCUT2D eigenvalue weighted by Crippen LogP contribution is -2.49. The number of urea groups is 1. The summed E-state index contributed by atoms with van der Waals surface area (Å²) < 4.78 is 5.17. The summed E-state index contributed by atoms with van der Waals surface area (Å²) in [5, 5.41) is 23.2. The van der Waals surface area contributed by atoms with E-state index in [0.29, 0.717) is 54.1 Å². The molecule has 1 aliphatic rings. The van der Waals surface area contributed by atoms with Gasteiger partial charge in [0.25, 0.3) is 0 Å². The number of nitrogens with one attached hydrogen (secondary N) is 1. The summed E-state index contributed by atoms with van der Waals surface area (Å²) in [7, 11) is 1.51. The van der Waals surface area contributed by atoms with Gasteiger partial charge >= 0.3 is 6.03 Å². The Hall–Kier alpha value is -3.06. The number of carbonyl (C=O) groups is 1. The van der Waals surface area contributed by atoms with Crippen LogP contribution in [0.2, 0.25) is 0 Å². The van der Waals surface area contributed by atoms with Crippen LogP contribution in [0.4, 0.5) is 15.6 Å². The molecule has 1 fully saturated rings. The summed E-state index contributed by atoms with van der Waals surface area (Å²) in [6.07, 6.45) is 1.40. The molecule has 0 unspecified atom stereocenters. The number of ether oxygens (including phenoxy) is 1. The molecular weight excluding hydrogens is 410 g/mol. The van der Waals surface area contributed by atoms with Gasteiger partial charge in [-0.2, -0.15) is 4.98 Å². The molecule has 0 bridgehead atoms. The molecule has 2 amide bonds. The number of rotatable bonds is 5. The van der Waals surface area contributed by atoms with Crippen molar-refractivity contribution >= 4 is 38.5 Å². The van der Waals surface area contributed by atoms with Crippen molar-refractivity contribution in [2.75, 3.05) is 43.8 Å². The summed E-state index contributed by atoms with van der Waals surface area (Å²) >= 11 is 1.26. The molecule has 4 rings (SSSR count). The first-order chi connectivity index (χ1) is 14.5. The number of nitrogens with zero attached hydrogens (tertiary/aromatic N) is 6. The predicted octanol–water partition coefficient (Wildman–Crippen LogP) is 2.14. The number of hydrogen-bond donors (Lipinski definition) is 2. The van der Waals surface area contributed by atoms with Gasteiger partial charge in [-0.15, -0.1) is 0 Å². The molecule has 1 aliphatic heterocycles. The highest BCUT2D eigenvalue weighted by molar-refractivity contribution is 7.22. The highest BCUT2D eigenvalue weighted by Gasteiger charge is 2.22. The van der Waals surface area contributed by atoms with Crippen LogP contribution in [0.5, 0.6) is 5.88 Å². The van der Waals surface area contributed by atoms with Gasteiger partial charge in [-0.05, 0) is 17.7 Å². The van der Waals surface area contributed by atoms with E-state index in [-0.39, 0.29) is 16.9 Å². The Labute approximate surface area is 176 Å². The molecule has 3 heterocycles. The Kier molecular flexibility index (Phi) is 5.90. The van der Waals surface area contributed by atoms with Gasteiger partial charge < -0.3 is 20.1 Å². The summed E-state index contributed by atoms with van der Waals surface area (Å²) in [6, 6.07) is 6.60. The summed E-state index contributed by atoms with van der Waals surface area (Å²) in [5.41, 5.74) is 1.64. The van der Waals surface area contributed by atoms with Crippen LogP contribution in [0.25, 0.3) is 10.3 Å². The monoisotopic (exact) mass is 430 g/mol.